The van der Waals surface area contributed by atoms with Gasteiger partial charge in [-0.3, -0.25) is 4.79 Å². The van der Waals surface area contributed by atoms with Crippen LogP contribution in [0, 0.1) is 5.92 Å². The van der Waals surface area contributed by atoms with Crippen LogP contribution in [0.5, 0.6) is 0 Å². The zero-order valence-corrected chi connectivity index (χ0v) is 15.8. The van der Waals surface area contributed by atoms with Gasteiger partial charge in [0, 0.05) is 11.1 Å². The highest BCUT2D eigenvalue weighted by Crippen LogP contribution is 2.42. The highest BCUT2D eigenvalue weighted by atomic mass is 19.4. The van der Waals surface area contributed by atoms with Gasteiger partial charge in [-0.1, -0.05) is 62.4 Å². The highest BCUT2D eigenvalue weighted by molar-refractivity contribution is 5.97. The Labute approximate surface area is 165 Å². The van der Waals surface area contributed by atoms with Gasteiger partial charge >= 0.3 is 12.1 Å². The number of hydrogen-bond acceptors (Lipinski definition) is 4. The van der Waals surface area contributed by atoms with E-state index in [4.69, 9.17) is 4.74 Å². The fourth-order valence-corrected chi connectivity index (χ4v) is 3.46. The van der Waals surface area contributed by atoms with Gasteiger partial charge in [-0.25, -0.2) is 4.79 Å². The van der Waals surface area contributed by atoms with E-state index in [9.17, 15) is 27.9 Å². The SMILES string of the molecule is CC(C)CC(O)(C(=O)NC1(c2ccccc2)OC(=O)c2ccccc21)C(F)(F)F. The van der Waals surface area contributed by atoms with Gasteiger partial charge in [0.1, 0.15) is 0 Å². The van der Waals surface area contributed by atoms with Crippen LogP contribution in [0.15, 0.2) is 54.6 Å². The summed E-state index contributed by atoms with van der Waals surface area (Å²) < 4.78 is 46.5. The van der Waals surface area contributed by atoms with Crippen molar-refractivity contribution in [3.05, 3.63) is 71.3 Å². The van der Waals surface area contributed by atoms with E-state index in [1.54, 1.807) is 30.3 Å². The molecule has 3 rings (SSSR count). The van der Waals surface area contributed by atoms with E-state index in [2.05, 4.69) is 5.32 Å². The lowest BCUT2D eigenvalue weighted by atomic mass is 9.88. The summed E-state index contributed by atoms with van der Waals surface area (Å²) in [5, 5.41) is 12.5. The van der Waals surface area contributed by atoms with Crippen molar-refractivity contribution in [1.29, 1.82) is 0 Å². The van der Waals surface area contributed by atoms with Crippen LogP contribution in [0.1, 0.15) is 41.8 Å². The molecule has 0 radical (unpaired) electrons. The van der Waals surface area contributed by atoms with Gasteiger partial charge in [0.25, 0.3) is 5.91 Å². The van der Waals surface area contributed by atoms with Crippen LogP contribution in [0.4, 0.5) is 13.2 Å². The number of cyclic esters (lactones) is 1. The quantitative estimate of drug-likeness (QED) is 0.744. The molecule has 1 aliphatic rings. The number of benzene rings is 2. The lowest BCUT2D eigenvalue weighted by Crippen LogP contribution is -2.62. The maximum Gasteiger partial charge on any atom is 0.426 e. The Morgan fingerprint density at radius 3 is 2.28 bits per heavy atom. The van der Waals surface area contributed by atoms with E-state index in [1.807, 2.05) is 0 Å². The Hall–Kier alpha value is -2.87. The molecule has 0 aliphatic carbocycles. The van der Waals surface area contributed by atoms with Crippen LogP contribution in [0.2, 0.25) is 0 Å². The zero-order chi connectivity index (χ0) is 21.4. The standard InChI is InChI=1S/C21H20F3NO4/c1-13(2)12-19(28,21(22,23)24)18(27)25-20(14-8-4-3-5-9-14)16-11-7-6-10-15(16)17(26)29-20/h3-11,13,28H,12H2,1-2H3,(H,25,27). The number of amides is 1. The van der Waals surface area contributed by atoms with Crippen LogP contribution in [0.25, 0.3) is 0 Å². The lowest BCUT2D eigenvalue weighted by Gasteiger charge is -2.36. The molecule has 2 N–H and O–H groups in total. The van der Waals surface area contributed by atoms with Gasteiger partial charge < -0.3 is 15.2 Å². The molecule has 0 spiro atoms. The number of carbonyl (C=O) groups excluding carboxylic acids is 2. The Kier molecular flexibility index (Phi) is 5.17. The average Bonchev–Trinajstić information content (AvgIpc) is 2.94. The molecular formula is C21H20F3NO4. The molecule has 8 heteroatoms. The number of alkyl halides is 3. The van der Waals surface area contributed by atoms with Crippen molar-refractivity contribution in [3.63, 3.8) is 0 Å². The minimum Gasteiger partial charge on any atom is -0.426 e. The minimum absolute atomic E-state index is 0.121. The molecule has 154 valence electrons. The summed E-state index contributed by atoms with van der Waals surface area (Å²) in [7, 11) is 0. The highest BCUT2D eigenvalue weighted by Gasteiger charge is 2.62. The molecule has 0 aromatic heterocycles. The van der Waals surface area contributed by atoms with Crippen molar-refractivity contribution in [2.75, 3.05) is 0 Å². The number of aliphatic hydroxyl groups is 1. The van der Waals surface area contributed by atoms with E-state index in [0.717, 1.165) is 0 Å². The van der Waals surface area contributed by atoms with Crippen LogP contribution in [-0.2, 0) is 15.3 Å². The number of nitrogens with one attached hydrogen (secondary N) is 1. The fourth-order valence-electron chi connectivity index (χ4n) is 3.46. The zero-order valence-electron chi connectivity index (χ0n) is 15.8. The molecule has 2 aromatic rings. The molecule has 0 saturated carbocycles. The molecule has 29 heavy (non-hydrogen) atoms. The number of ether oxygens (including phenoxy) is 1. The number of fused-ring (bicyclic) bond motifs is 1. The normalized spacial score (nSPS) is 20.7. The Bertz CT molecular complexity index is 929. The molecule has 0 saturated heterocycles. The lowest BCUT2D eigenvalue weighted by molar-refractivity contribution is -0.257. The Balaban J connectivity index is 2.13. The van der Waals surface area contributed by atoms with Gasteiger partial charge in [-0.05, 0) is 18.4 Å². The summed E-state index contributed by atoms with van der Waals surface area (Å²) in [5.41, 5.74) is -5.06. The van der Waals surface area contributed by atoms with Crippen LogP contribution in [0.3, 0.4) is 0 Å². The van der Waals surface area contributed by atoms with E-state index in [1.165, 1.54) is 38.1 Å². The van der Waals surface area contributed by atoms with Crippen LogP contribution < -0.4 is 5.32 Å². The first-order chi connectivity index (χ1) is 13.5. The second-order valence-corrected chi connectivity index (χ2v) is 7.39. The molecule has 1 amide bonds. The molecule has 2 unspecified atom stereocenters. The molecular weight excluding hydrogens is 387 g/mol. The van der Waals surface area contributed by atoms with E-state index in [-0.39, 0.29) is 16.7 Å². The van der Waals surface area contributed by atoms with Crippen molar-refractivity contribution < 1.29 is 32.6 Å². The third-order valence-corrected chi connectivity index (χ3v) is 4.79. The van der Waals surface area contributed by atoms with Crippen molar-refractivity contribution in [3.8, 4) is 0 Å². The first-order valence-electron chi connectivity index (χ1n) is 9.01. The number of halogens is 3. The summed E-state index contributed by atoms with van der Waals surface area (Å²) in [4.78, 5) is 25.2. The van der Waals surface area contributed by atoms with Crippen molar-refractivity contribution in [1.82, 2.24) is 5.32 Å². The number of carbonyl (C=O) groups is 2. The number of rotatable bonds is 5. The van der Waals surface area contributed by atoms with E-state index < -0.39 is 41.7 Å². The van der Waals surface area contributed by atoms with E-state index in [0.29, 0.717) is 0 Å². The summed E-state index contributed by atoms with van der Waals surface area (Å²) in [6.45, 7) is 2.92. The molecule has 1 heterocycles. The number of esters is 1. The Morgan fingerprint density at radius 2 is 1.69 bits per heavy atom. The Morgan fingerprint density at radius 1 is 1.10 bits per heavy atom. The second kappa shape index (κ2) is 7.18. The maximum absolute atomic E-state index is 13.7. The third-order valence-electron chi connectivity index (χ3n) is 4.79. The number of hydrogen-bond donors (Lipinski definition) is 2. The van der Waals surface area contributed by atoms with Gasteiger partial charge in [0.05, 0.1) is 5.56 Å². The van der Waals surface area contributed by atoms with Crippen molar-refractivity contribution in [2.24, 2.45) is 5.92 Å². The second-order valence-electron chi connectivity index (χ2n) is 7.39. The molecule has 0 fully saturated rings. The summed E-state index contributed by atoms with van der Waals surface area (Å²) in [6, 6.07) is 14.0. The van der Waals surface area contributed by atoms with E-state index >= 15 is 0 Å². The fraction of sp³-hybridized carbons (Fsp3) is 0.333. The monoisotopic (exact) mass is 407 g/mol. The predicted octanol–water partition coefficient (Wildman–Crippen LogP) is 3.51. The average molecular weight is 407 g/mol. The molecule has 5 nitrogen and oxygen atoms in total. The van der Waals surface area contributed by atoms with Gasteiger partial charge in [0.15, 0.2) is 0 Å². The first-order valence-corrected chi connectivity index (χ1v) is 9.01. The largest absolute Gasteiger partial charge is 0.426 e. The van der Waals surface area contributed by atoms with Gasteiger partial charge in [0.2, 0.25) is 11.3 Å². The maximum atomic E-state index is 13.7. The van der Waals surface area contributed by atoms with Crippen molar-refractivity contribution in [2.45, 2.75) is 37.8 Å². The topological polar surface area (TPSA) is 75.6 Å². The third kappa shape index (κ3) is 3.48. The smallest absolute Gasteiger partial charge is 0.426 e. The van der Waals surface area contributed by atoms with Gasteiger partial charge in [-0.15, -0.1) is 0 Å². The molecule has 0 bridgehead atoms. The summed E-state index contributed by atoms with van der Waals surface area (Å²) in [5.74, 6) is -3.10. The summed E-state index contributed by atoms with van der Waals surface area (Å²) in [6.07, 6.45) is -6.07. The minimum atomic E-state index is -5.22. The molecule has 2 atom stereocenters. The van der Waals surface area contributed by atoms with Crippen LogP contribution in [-0.4, -0.2) is 28.8 Å². The molecule has 1 aliphatic heterocycles. The predicted molar refractivity (Wildman–Crippen MR) is 97.7 cm³/mol. The van der Waals surface area contributed by atoms with Crippen LogP contribution >= 0.6 is 0 Å². The van der Waals surface area contributed by atoms with Gasteiger partial charge in [-0.2, -0.15) is 13.2 Å². The first kappa shape index (κ1) is 20.9. The van der Waals surface area contributed by atoms with Crippen molar-refractivity contribution >= 4 is 11.9 Å². The molecule has 2 aromatic carbocycles. The summed E-state index contributed by atoms with van der Waals surface area (Å²) >= 11 is 0.